The van der Waals surface area contributed by atoms with Gasteiger partial charge in [0, 0.05) is 23.6 Å². The zero-order valence-electron chi connectivity index (χ0n) is 7.02. The zero-order chi connectivity index (χ0) is 8.91. The van der Waals surface area contributed by atoms with Crippen LogP contribution in [0.4, 0.5) is 0 Å². The van der Waals surface area contributed by atoms with E-state index in [9.17, 15) is 0 Å². The molecule has 3 heteroatoms. The Labute approximate surface area is 72.4 Å². The number of allylic oxidation sites excluding steroid dienone is 1. The Hall–Kier alpha value is -0.520. The number of rotatable bonds is 3. The van der Waals surface area contributed by atoms with E-state index in [1.165, 1.54) is 6.08 Å². The molecule has 0 aromatic heterocycles. The maximum Gasteiger partial charge on any atom is 0.0924 e. The normalized spacial score (nSPS) is 12.8. The van der Waals surface area contributed by atoms with Crippen LogP contribution in [-0.2, 0) is 4.74 Å². The quantitative estimate of drug-likeness (QED) is 0.614. The Bertz CT molecular complexity index is 191. The molecule has 62 valence electrons. The lowest BCUT2D eigenvalue weighted by Crippen LogP contribution is -2.18. The lowest BCUT2D eigenvalue weighted by atomic mass is 9.94. The van der Waals surface area contributed by atoms with Gasteiger partial charge in [0.2, 0.25) is 0 Å². The Balaban J connectivity index is 4.31. The van der Waals surface area contributed by atoms with Crippen molar-refractivity contribution in [3.63, 3.8) is 0 Å². The van der Waals surface area contributed by atoms with Crippen LogP contribution in [0.1, 0.15) is 13.8 Å². The predicted octanol–water partition coefficient (Wildman–Crippen LogP) is 2.31. The molecule has 0 saturated carbocycles. The van der Waals surface area contributed by atoms with E-state index < -0.39 is 0 Å². The number of hydrogen-bond donors (Lipinski definition) is 0. The van der Waals surface area contributed by atoms with Crippen molar-refractivity contribution in [2.24, 2.45) is 5.41 Å². The van der Waals surface area contributed by atoms with Crippen LogP contribution in [-0.4, -0.2) is 13.7 Å². The van der Waals surface area contributed by atoms with E-state index in [1.807, 2.05) is 19.9 Å². The molecular weight excluding hydrogens is 162 g/mol. The third kappa shape index (κ3) is 3.41. The summed E-state index contributed by atoms with van der Waals surface area (Å²) in [5.41, 5.74) is -0.258. The standard InChI is InChI=1S/C8H12ClNO/c1-8(2,6-11-3)7(9)4-5-10/h4H,6H2,1-3H3. The average Bonchev–Trinajstić information content (AvgIpc) is 1.88. The van der Waals surface area contributed by atoms with Crippen LogP contribution >= 0.6 is 11.6 Å². The molecule has 0 N–H and O–H groups in total. The van der Waals surface area contributed by atoms with E-state index in [0.29, 0.717) is 11.6 Å². The summed E-state index contributed by atoms with van der Waals surface area (Å²) in [7, 11) is 1.61. The van der Waals surface area contributed by atoms with Crippen LogP contribution < -0.4 is 0 Å². The lowest BCUT2D eigenvalue weighted by molar-refractivity contribution is 0.130. The van der Waals surface area contributed by atoms with E-state index in [4.69, 9.17) is 21.6 Å². The molecule has 0 heterocycles. The molecule has 0 rings (SSSR count). The second-order valence-corrected chi connectivity index (χ2v) is 3.35. The van der Waals surface area contributed by atoms with Gasteiger partial charge in [-0.15, -0.1) is 0 Å². The monoisotopic (exact) mass is 173 g/mol. The maximum absolute atomic E-state index is 8.32. The van der Waals surface area contributed by atoms with Crippen LogP contribution in [0.2, 0.25) is 0 Å². The van der Waals surface area contributed by atoms with Gasteiger partial charge in [-0.2, -0.15) is 5.26 Å². The fourth-order valence-electron chi connectivity index (χ4n) is 0.682. The molecule has 0 aromatic carbocycles. The molecule has 2 nitrogen and oxygen atoms in total. The van der Waals surface area contributed by atoms with Crippen LogP contribution in [0.25, 0.3) is 0 Å². The molecule has 0 aliphatic heterocycles. The van der Waals surface area contributed by atoms with Crippen LogP contribution in [0, 0.1) is 16.7 Å². The van der Waals surface area contributed by atoms with Crippen LogP contribution in [0.3, 0.4) is 0 Å². The summed E-state index contributed by atoms with van der Waals surface area (Å²) in [6.45, 7) is 4.36. The first-order valence-electron chi connectivity index (χ1n) is 3.29. The third-order valence-electron chi connectivity index (χ3n) is 1.34. The van der Waals surface area contributed by atoms with Gasteiger partial charge in [-0.3, -0.25) is 0 Å². The fourth-order valence-corrected chi connectivity index (χ4v) is 0.785. The van der Waals surface area contributed by atoms with Gasteiger partial charge in [0.05, 0.1) is 12.7 Å². The van der Waals surface area contributed by atoms with Crippen molar-refractivity contribution in [2.75, 3.05) is 13.7 Å². The molecule has 0 aliphatic rings. The molecule has 0 aliphatic carbocycles. The highest BCUT2D eigenvalue weighted by molar-refractivity contribution is 6.30. The van der Waals surface area contributed by atoms with Crippen molar-refractivity contribution in [3.05, 3.63) is 11.1 Å². The minimum atomic E-state index is -0.258. The molecule has 0 unspecified atom stereocenters. The molecule has 0 bridgehead atoms. The summed E-state index contributed by atoms with van der Waals surface area (Å²) in [5.74, 6) is 0. The highest BCUT2D eigenvalue weighted by atomic mass is 35.5. The molecule has 0 radical (unpaired) electrons. The fraction of sp³-hybridized carbons (Fsp3) is 0.625. The number of hydrogen-bond acceptors (Lipinski definition) is 2. The van der Waals surface area contributed by atoms with Gasteiger partial charge in [-0.1, -0.05) is 25.4 Å². The van der Waals surface area contributed by atoms with Gasteiger partial charge in [0.1, 0.15) is 0 Å². The minimum Gasteiger partial charge on any atom is -0.384 e. The molecule has 0 fully saturated rings. The predicted molar refractivity (Wildman–Crippen MR) is 45.2 cm³/mol. The second-order valence-electron chi connectivity index (χ2n) is 2.94. The first-order valence-corrected chi connectivity index (χ1v) is 3.67. The summed E-state index contributed by atoms with van der Waals surface area (Å²) in [5, 5.41) is 8.85. The molecule has 0 atom stereocenters. The van der Waals surface area contributed by atoms with Gasteiger partial charge in [0.15, 0.2) is 0 Å². The average molecular weight is 174 g/mol. The molecule has 11 heavy (non-hydrogen) atoms. The lowest BCUT2D eigenvalue weighted by Gasteiger charge is -2.21. The summed E-state index contributed by atoms with van der Waals surface area (Å²) in [6.07, 6.45) is 1.33. The van der Waals surface area contributed by atoms with Gasteiger partial charge >= 0.3 is 0 Å². The highest BCUT2D eigenvalue weighted by Crippen LogP contribution is 2.29. The largest absolute Gasteiger partial charge is 0.384 e. The summed E-state index contributed by atoms with van der Waals surface area (Å²) in [6, 6.07) is 1.88. The van der Waals surface area contributed by atoms with Gasteiger partial charge in [0.25, 0.3) is 0 Å². The van der Waals surface area contributed by atoms with E-state index in [1.54, 1.807) is 7.11 Å². The number of nitrogens with zero attached hydrogens (tertiary/aromatic N) is 1. The Morgan fingerprint density at radius 1 is 1.73 bits per heavy atom. The van der Waals surface area contributed by atoms with E-state index in [-0.39, 0.29) is 5.41 Å². The van der Waals surface area contributed by atoms with Crippen molar-refractivity contribution >= 4 is 11.6 Å². The van der Waals surface area contributed by atoms with Crippen LogP contribution in [0.5, 0.6) is 0 Å². The molecule has 0 saturated heterocycles. The van der Waals surface area contributed by atoms with Crippen molar-refractivity contribution in [3.8, 4) is 6.07 Å². The van der Waals surface area contributed by atoms with Gasteiger partial charge in [-0.25, -0.2) is 0 Å². The van der Waals surface area contributed by atoms with E-state index in [0.717, 1.165) is 0 Å². The smallest absolute Gasteiger partial charge is 0.0924 e. The van der Waals surface area contributed by atoms with Gasteiger partial charge < -0.3 is 4.74 Å². The Morgan fingerprint density at radius 2 is 2.27 bits per heavy atom. The number of nitriles is 1. The number of methoxy groups -OCH3 is 1. The Morgan fingerprint density at radius 3 is 2.64 bits per heavy atom. The first-order chi connectivity index (χ1) is 5.04. The topological polar surface area (TPSA) is 33.0 Å². The van der Waals surface area contributed by atoms with Crippen molar-refractivity contribution in [1.82, 2.24) is 0 Å². The number of ether oxygens (including phenoxy) is 1. The SMILES string of the molecule is COCC(C)(C)C(Cl)=CC#N. The Kier molecular flexibility index (Phi) is 4.17. The van der Waals surface area contributed by atoms with E-state index >= 15 is 0 Å². The summed E-state index contributed by atoms with van der Waals surface area (Å²) in [4.78, 5) is 0. The highest BCUT2D eigenvalue weighted by Gasteiger charge is 2.21. The summed E-state index contributed by atoms with van der Waals surface area (Å²) >= 11 is 5.81. The first kappa shape index (κ1) is 10.5. The van der Waals surface area contributed by atoms with Crippen molar-refractivity contribution in [1.29, 1.82) is 5.26 Å². The minimum absolute atomic E-state index is 0.258. The van der Waals surface area contributed by atoms with Gasteiger partial charge in [-0.05, 0) is 0 Å². The van der Waals surface area contributed by atoms with Crippen molar-refractivity contribution < 1.29 is 4.74 Å². The summed E-state index contributed by atoms with van der Waals surface area (Å²) < 4.78 is 4.94. The molecule has 0 amide bonds. The van der Waals surface area contributed by atoms with E-state index in [2.05, 4.69) is 0 Å². The molecule has 0 aromatic rings. The third-order valence-corrected chi connectivity index (χ3v) is 1.96. The maximum atomic E-state index is 8.32. The van der Waals surface area contributed by atoms with Crippen molar-refractivity contribution in [2.45, 2.75) is 13.8 Å². The number of halogens is 1. The zero-order valence-corrected chi connectivity index (χ0v) is 7.77. The molecular formula is C8H12ClNO. The molecule has 0 spiro atoms. The van der Waals surface area contributed by atoms with Crippen LogP contribution in [0.15, 0.2) is 11.1 Å². The second kappa shape index (κ2) is 4.38.